The minimum Gasteiger partial charge on any atom is -0.357 e. The Morgan fingerprint density at radius 2 is 1.82 bits per heavy atom. The van der Waals surface area contributed by atoms with Gasteiger partial charge in [0, 0.05) is 18.0 Å². The minimum absolute atomic E-state index is 0.144. The molecule has 0 saturated heterocycles. The van der Waals surface area contributed by atoms with Crippen LogP contribution < -0.4 is 0 Å². The van der Waals surface area contributed by atoms with Gasteiger partial charge in [-0.05, 0) is 5.56 Å². The highest BCUT2D eigenvalue weighted by Gasteiger charge is 2.19. The molecule has 0 aliphatic carbocycles. The summed E-state index contributed by atoms with van der Waals surface area (Å²) in [5.74, 6) is 0. The molecule has 0 amide bonds. The summed E-state index contributed by atoms with van der Waals surface area (Å²) in [6.07, 6.45) is 3.09. The van der Waals surface area contributed by atoms with Gasteiger partial charge in [-0.15, -0.1) is 0 Å². The molecule has 2 rings (SSSR count). The first-order chi connectivity index (χ1) is 8.04. The molecule has 0 bridgehead atoms. The van der Waals surface area contributed by atoms with Crippen LogP contribution in [0.15, 0.2) is 41.4 Å². The lowest BCUT2D eigenvalue weighted by molar-refractivity contribution is 0.112. The quantitative estimate of drug-likeness (QED) is 0.845. The largest absolute Gasteiger partial charge is 0.357 e. The van der Waals surface area contributed by atoms with E-state index in [1.807, 2.05) is 6.07 Å². The summed E-state index contributed by atoms with van der Waals surface area (Å²) in [5, 5.41) is 0. The third-order valence-electron chi connectivity index (χ3n) is 2.45. The van der Waals surface area contributed by atoms with Gasteiger partial charge in [-0.1, -0.05) is 30.3 Å². The summed E-state index contributed by atoms with van der Waals surface area (Å²) in [4.78, 5) is 13.7. The molecule has 0 saturated carbocycles. The van der Waals surface area contributed by atoms with E-state index in [0.29, 0.717) is 17.4 Å². The number of nitrogens with one attached hydrogen (secondary N) is 1. The van der Waals surface area contributed by atoms with E-state index >= 15 is 0 Å². The number of aromatic nitrogens is 1. The number of carbonyl (C=O) groups is 1. The molecule has 1 N–H and O–H groups in total. The van der Waals surface area contributed by atoms with Gasteiger partial charge < -0.3 is 4.98 Å². The van der Waals surface area contributed by atoms with Crippen molar-refractivity contribution in [1.29, 1.82) is 0 Å². The van der Waals surface area contributed by atoms with Crippen molar-refractivity contribution in [2.45, 2.75) is 4.90 Å². The number of carbonyl (C=O) groups excluding carboxylic acids is 1. The number of H-pyrrole nitrogens is 1. The summed E-state index contributed by atoms with van der Waals surface area (Å²) < 4.78 is 23.2. The molecular weight excluding hydrogens is 238 g/mol. The first-order valence-corrected chi connectivity index (χ1v) is 6.85. The highest BCUT2D eigenvalue weighted by molar-refractivity contribution is 7.90. The van der Waals surface area contributed by atoms with E-state index in [-0.39, 0.29) is 10.6 Å². The van der Waals surface area contributed by atoms with Crippen LogP contribution in [0.3, 0.4) is 0 Å². The second-order valence-electron chi connectivity index (χ2n) is 3.70. The van der Waals surface area contributed by atoms with Crippen molar-refractivity contribution in [2.24, 2.45) is 0 Å². The number of sulfone groups is 1. The lowest BCUT2D eigenvalue weighted by Gasteiger charge is -2.03. The van der Waals surface area contributed by atoms with Gasteiger partial charge in [0.05, 0.1) is 10.6 Å². The van der Waals surface area contributed by atoms with Gasteiger partial charge in [-0.3, -0.25) is 4.79 Å². The Bertz CT molecular complexity index is 642. The maximum Gasteiger partial charge on any atom is 0.177 e. The molecule has 17 heavy (non-hydrogen) atoms. The summed E-state index contributed by atoms with van der Waals surface area (Å²) in [5.41, 5.74) is 1.41. The van der Waals surface area contributed by atoms with Crippen molar-refractivity contribution >= 4 is 16.1 Å². The maximum atomic E-state index is 11.6. The van der Waals surface area contributed by atoms with Crippen molar-refractivity contribution in [1.82, 2.24) is 4.98 Å². The summed E-state index contributed by atoms with van der Waals surface area (Å²) in [7, 11) is -3.36. The van der Waals surface area contributed by atoms with Gasteiger partial charge in [-0.25, -0.2) is 8.42 Å². The van der Waals surface area contributed by atoms with Gasteiger partial charge in [0.25, 0.3) is 0 Å². The Morgan fingerprint density at radius 3 is 2.35 bits per heavy atom. The first kappa shape index (κ1) is 11.6. The van der Waals surface area contributed by atoms with E-state index in [1.165, 1.54) is 6.20 Å². The van der Waals surface area contributed by atoms with Crippen LogP contribution in [0.2, 0.25) is 0 Å². The first-order valence-electron chi connectivity index (χ1n) is 4.96. The number of rotatable bonds is 3. The van der Waals surface area contributed by atoms with Crippen LogP contribution in [0.5, 0.6) is 0 Å². The van der Waals surface area contributed by atoms with Crippen LogP contribution in [0.4, 0.5) is 0 Å². The molecule has 0 aliphatic rings. The van der Waals surface area contributed by atoms with Gasteiger partial charge in [0.1, 0.15) is 0 Å². The van der Waals surface area contributed by atoms with E-state index in [0.717, 1.165) is 6.26 Å². The van der Waals surface area contributed by atoms with E-state index in [2.05, 4.69) is 4.98 Å². The summed E-state index contributed by atoms with van der Waals surface area (Å²) in [6.45, 7) is 0. The fourth-order valence-electron chi connectivity index (χ4n) is 1.71. The summed E-state index contributed by atoms with van der Waals surface area (Å²) >= 11 is 0. The lowest BCUT2D eigenvalue weighted by atomic mass is 10.1. The van der Waals surface area contributed by atoms with Crippen molar-refractivity contribution in [3.63, 3.8) is 0 Å². The third kappa shape index (κ3) is 2.14. The maximum absolute atomic E-state index is 11.6. The molecule has 2 aromatic rings. The van der Waals surface area contributed by atoms with Crippen molar-refractivity contribution in [2.75, 3.05) is 6.26 Å². The molecule has 0 spiro atoms. The van der Waals surface area contributed by atoms with Gasteiger partial charge in [0.15, 0.2) is 16.1 Å². The Kier molecular flexibility index (Phi) is 2.85. The average Bonchev–Trinajstić information content (AvgIpc) is 2.73. The van der Waals surface area contributed by atoms with Gasteiger partial charge >= 0.3 is 0 Å². The zero-order valence-electron chi connectivity index (χ0n) is 9.17. The minimum atomic E-state index is -3.36. The Balaban J connectivity index is 2.75. The Hall–Kier alpha value is -1.88. The normalized spacial score (nSPS) is 11.4. The molecule has 0 atom stereocenters. The molecule has 0 aliphatic heterocycles. The average molecular weight is 249 g/mol. The number of hydrogen-bond acceptors (Lipinski definition) is 3. The molecular formula is C12H11NO3S. The molecule has 4 nitrogen and oxygen atoms in total. The molecule has 0 fully saturated rings. The SMILES string of the molecule is CS(=O)(=O)c1c[nH]c(C=O)c1-c1ccccc1. The van der Waals surface area contributed by atoms with Crippen molar-refractivity contribution < 1.29 is 13.2 Å². The molecule has 1 aromatic carbocycles. The van der Waals surface area contributed by atoms with E-state index in [9.17, 15) is 13.2 Å². The topological polar surface area (TPSA) is 67.0 Å². The van der Waals surface area contributed by atoms with Crippen molar-refractivity contribution in [3.05, 3.63) is 42.2 Å². The predicted molar refractivity (Wildman–Crippen MR) is 64.7 cm³/mol. The fraction of sp³-hybridized carbons (Fsp3) is 0.0833. The fourth-order valence-corrected chi connectivity index (χ4v) is 2.58. The highest BCUT2D eigenvalue weighted by Crippen LogP contribution is 2.29. The van der Waals surface area contributed by atoms with E-state index < -0.39 is 9.84 Å². The third-order valence-corrected chi connectivity index (χ3v) is 3.58. The number of aromatic amines is 1. The standard InChI is InChI=1S/C12H11NO3S/c1-17(15,16)11-7-13-10(8-14)12(11)9-5-3-2-4-6-9/h2-8,13H,1H3. The number of benzene rings is 1. The molecule has 88 valence electrons. The second kappa shape index (κ2) is 4.18. The van der Waals surface area contributed by atoms with Gasteiger partial charge in [-0.2, -0.15) is 0 Å². The predicted octanol–water partition coefficient (Wildman–Crippen LogP) is 1.90. The monoisotopic (exact) mass is 249 g/mol. The molecule has 0 unspecified atom stereocenters. The Morgan fingerprint density at radius 1 is 1.18 bits per heavy atom. The van der Waals surface area contributed by atoms with Crippen LogP contribution in [0, 0.1) is 0 Å². The molecule has 1 aromatic heterocycles. The Labute approximate surface area is 99.2 Å². The second-order valence-corrected chi connectivity index (χ2v) is 5.68. The van der Waals surface area contributed by atoms with Gasteiger partial charge in [0.2, 0.25) is 0 Å². The van der Waals surface area contributed by atoms with E-state index in [1.54, 1.807) is 24.3 Å². The molecule has 5 heteroatoms. The smallest absolute Gasteiger partial charge is 0.177 e. The number of hydrogen-bond donors (Lipinski definition) is 1. The number of aldehydes is 1. The van der Waals surface area contributed by atoms with Crippen molar-refractivity contribution in [3.8, 4) is 11.1 Å². The van der Waals surface area contributed by atoms with Crippen LogP contribution in [-0.4, -0.2) is 25.9 Å². The van der Waals surface area contributed by atoms with Crippen LogP contribution >= 0.6 is 0 Å². The molecule has 1 heterocycles. The van der Waals surface area contributed by atoms with Crippen LogP contribution in [-0.2, 0) is 9.84 Å². The lowest BCUT2D eigenvalue weighted by Crippen LogP contribution is -1.98. The highest BCUT2D eigenvalue weighted by atomic mass is 32.2. The van der Waals surface area contributed by atoms with E-state index in [4.69, 9.17) is 0 Å². The summed E-state index contributed by atoms with van der Waals surface area (Å²) in [6, 6.07) is 8.96. The van der Waals surface area contributed by atoms with Crippen LogP contribution in [0.1, 0.15) is 10.5 Å². The zero-order valence-corrected chi connectivity index (χ0v) is 9.99. The van der Waals surface area contributed by atoms with Crippen LogP contribution in [0.25, 0.3) is 11.1 Å². The molecule has 0 radical (unpaired) electrons. The zero-order chi connectivity index (χ0) is 12.5.